The SMILES string of the molecule is COCCC(CC(=O)c1ccc(OC)c(F)c1)NC(=O)OC(C)(C)C. The third kappa shape index (κ3) is 7.51. The van der Waals surface area contributed by atoms with Crippen LogP contribution in [-0.4, -0.2) is 44.3 Å². The van der Waals surface area contributed by atoms with E-state index in [9.17, 15) is 14.0 Å². The summed E-state index contributed by atoms with van der Waals surface area (Å²) in [5.74, 6) is -0.833. The number of methoxy groups -OCH3 is 2. The van der Waals surface area contributed by atoms with Gasteiger partial charge in [0.25, 0.3) is 0 Å². The molecule has 1 N–H and O–H groups in total. The number of Topliss-reactive ketones (excluding diaryl/α,β-unsaturated/α-hetero) is 1. The van der Waals surface area contributed by atoms with Gasteiger partial charge in [-0.15, -0.1) is 0 Å². The topological polar surface area (TPSA) is 73.9 Å². The Labute approximate surface area is 147 Å². The third-order valence-electron chi connectivity index (χ3n) is 3.30. The molecule has 6 nitrogen and oxygen atoms in total. The Morgan fingerprint density at radius 1 is 1.24 bits per heavy atom. The molecule has 0 aliphatic heterocycles. The first-order valence-electron chi connectivity index (χ1n) is 8.01. The fraction of sp³-hybridized carbons (Fsp3) is 0.556. The molecular weight excluding hydrogens is 329 g/mol. The van der Waals surface area contributed by atoms with Gasteiger partial charge in [0, 0.05) is 31.7 Å². The Balaban J connectivity index is 2.77. The van der Waals surface area contributed by atoms with Crippen molar-refractivity contribution in [3.63, 3.8) is 0 Å². The van der Waals surface area contributed by atoms with Gasteiger partial charge in [-0.3, -0.25) is 4.79 Å². The summed E-state index contributed by atoms with van der Waals surface area (Å²) in [5, 5.41) is 2.67. The van der Waals surface area contributed by atoms with E-state index >= 15 is 0 Å². The summed E-state index contributed by atoms with van der Waals surface area (Å²) in [4.78, 5) is 24.3. The van der Waals surface area contributed by atoms with Crippen molar-refractivity contribution in [3.8, 4) is 5.75 Å². The molecule has 1 amide bonds. The maximum absolute atomic E-state index is 13.8. The molecule has 1 aromatic carbocycles. The van der Waals surface area contributed by atoms with Crippen molar-refractivity contribution in [2.75, 3.05) is 20.8 Å². The van der Waals surface area contributed by atoms with Crippen molar-refractivity contribution >= 4 is 11.9 Å². The van der Waals surface area contributed by atoms with Crippen LogP contribution in [0.2, 0.25) is 0 Å². The van der Waals surface area contributed by atoms with E-state index in [1.165, 1.54) is 26.4 Å². The molecule has 0 radical (unpaired) electrons. The molecule has 0 spiro atoms. The zero-order chi connectivity index (χ0) is 19.0. The average molecular weight is 355 g/mol. The van der Waals surface area contributed by atoms with E-state index in [0.29, 0.717) is 13.0 Å². The molecule has 0 saturated carbocycles. The molecule has 0 aliphatic rings. The van der Waals surface area contributed by atoms with Crippen LogP contribution < -0.4 is 10.1 Å². The second kappa shape index (κ2) is 9.36. The first-order valence-corrected chi connectivity index (χ1v) is 8.01. The van der Waals surface area contributed by atoms with Gasteiger partial charge in [-0.2, -0.15) is 0 Å². The number of alkyl carbamates (subject to hydrolysis) is 1. The van der Waals surface area contributed by atoms with Crippen LogP contribution in [0.4, 0.5) is 9.18 Å². The van der Waals surface area contributed by atoms with E-state index in [0.717, 1.165) is 6.07 Å². The molecule has 1 atom stereocenters. The van der Waals surface area contributed by atoms with Gasteiger partial charge >= 0.3 is 6.09 Å². The molecule has 1 aromatic rings. The van der Waals surface area contributed by atoms with Crippen LogP contribution in [0.25, 0.3) is 0 Å². The van der Waals surface area contributed by atoms with Gasteiger partial charge in [0.2, 0.25) is 0 Å². The van der Waals surface area contributed by atoms with Crippen molar-refractivity contribution in [1.82, 2.24) is 5.32 Å². The summed E-state index contributed by atoms with van der Waals surface area (Å²) >= 11 is 0. The first-order chi connectivity index (χ1) is 11.7. The first kappa shape index (κ1) is 20.9. The Kier molecular flexibility index (Phi) is 7.83. The highest BCUT2D eigenvalue weighted by Crippen LogP contribution is 2.19. The number of ketones is 1. The second-order valence-electron chi connectivity index (χ2n) is 6.60. The van der Waals surface area contributed by atoms with Gasteiger partial charge in [0.15, 0.2) is 17.3 Å². The van der Waals surface area contributed by atoms with E-state index in [1.54, 1.807) is 20.8 Å². The van der Waals surface area contributed by atoms with Crippen molar-refractivity contribution in [3.05, 3.63) is 29.6 Å². The van der Waals surface area contributed by atoms with E-state index in [1.807, 2.05) is 0 Å². The third-order valence-corrected chi connectivity index (χ3v) is 3.30. The number of amides is 1. The molecule has 0 saturated heterocycles. The second-order valence-corrected chi connectivity index (χ2v) is 6.60. The summed E-state index contributed by atoms with van der Waals surface area (Å²) < 4.78 is 28.8. The quantitative estimate of drug-likeness (QED) is 0.724. The fourth-order valence-electron chi connectivity index (χ4n) is 2.14. The van der Waals surface area contributed by atoms with Gasteiger partial charge < -0.3 is 19.5 Å². The molecule has 1 rings (SSSR count). The number of ether oxygens (including phenoxy) is 3. The molecule has 1 unspecified atom stereocenters. The van der Waals surface area contributed by atoms with Crippen LogP contribution in [0.3, 0.4) is 0 Å². The van der Waals surface area contributed by atoms with Crippen LogP contribution >= 0.6 is 0 Å². The fourth-order valence-corrected chi connectivity index (χ4v) is 2.14. The van der Waals surface area contributed by atoms with Gasteiger partial charge in [0.05, 0.1) is 7.11 Å². The summed E-state index contributed by atoms with van der Waals surface area (Å²) in [6.45, 7) is 5.62. The maximum atomic E-state index is 13.8. The van der Waals surface area contributed by atoms with Gasteiger partial charge in [-0.25, -0.2) is 9.18 Å². The molecular formula is C18H26FNO5. The molecule has 140 valence electrons. The Bertz CT molecular complexity index is 598. The maximum Gasteiger partial charge on any atom is 0.407 e. The van der Waals surface area contributed by atoms with Crippen LogP contribution in [0, 0.1) is 5.82 Å². The van der Waals surface area contributed by atoms with E-state index in [-0.39, 0.29) is 23.5 Å². The predicted octanol–water partition coefficient (Wildman–Crippen LogP) is 3.34. The Morgan fingerprint density at radius 3 is 2.44 bits per heavy atom. The monoisotopic (exact) mass is 355 g/mol. The van der Waals surface area contributed by atoms with Gasteiger partial charge in [-0.1, -0.05) is 0 Å². The number of carbonyl (C=O) groups excluding carboxylic acids is 2. The molecule has 0 aromatic heterocycles. The van der Waals surface area contributed by atoms with Crippen molar-refractivity contribution in [1.29, 1.82) is 0 Å². The van der Waals surface area contributed by atoms with Crippen LogP contribution in [0.15, 0.2) is 18.2 Å². The summed E-state index contributed by atoms with van der Waals surface area (Å²) in [7, 11) is 2.89. The van der Waals surface area contributed by atoms with Crippen LogP contribution in [0.5, 0.6) is 5.75 Å². The standard InChI is InChI=1S/C18H26FNO5/c1-18(2,3)25-17(22)20-13(8-9-23-4)11-15(21)12-6-7-16(24-5)14(19)10-12/h6-7,10,13H,8-9,11H2,1-5H3,(H,20,22). The molecule has 25 heavy (non-hydrogen) atoms. The Morgan fingerprint density at radius 2 is 1.92 bits per heavy atom. The summed E-state index contributed by atoms with van der Waals surface area (Å²) in [5.41, 5.74) is -0.425. The zero-order valence-corrected chi connectivity index (χ0v) is 15.3. The van der Waals surface area contributed by atoms with Crippen LogP contribution in [-0.2, 0) is 9.47 Å². The number of benzene rings is 1. The van der Waals surface area contributed by atoms with Crippen molar-refractivity contribution in [2.24, 2.45) is 0 Å². The number of hydrogen-bond donors (Lipinski definition) is 1. The lowest BCUT2D eigenvalue weighted by Gasteiger charge is -2.23. The average Bonchev–Trinajstić information content (AvgIpc) is 2.50. The molecule has 0 aliphatic carbocycles. The number of halogens is 1. The number of carbonyl (C=O) groups is 2. The lowest BCUT2D eigenvalue weighted by atomic mass is 10.0. The number of hydrogen-bond acceptors (Lipinski definition) is 5. The summed E-state index contributed by atoms with van der Waals surface area (Å²) in [6.07, 6.45) is -0.170. The zero-order valence-electron chi connectivity index (χ0n) is 15.3. The molecule has 0 heterocycles. The van der Waals surface area contributed by atoms with Gasteiger partial charge in [-0.05, 0) is 45.4 Å². The Hall–Kier alpha value is -2.15. The largest absolute Gasteiger partial charge is 0.494 e. The number of rotatable bonds is 8. The number of nitrogens with one attached hydrogen (secondary N) is 1. The highest BCUT2D eigenvalue weighted by Gasteiger charge is 2.22. The molecule has 7 heteroatoms. The van der Waals surface area contributed by atoms with Gasteiger partial charge in [0.1, 0.15) is 5.60 Å². The minimum absolute atomic E-state index is 0.00831. The molecule has 0 fully saturated rings. The minimum Gasteiger partial charge on any atom is -0.494 e. The predicted molar refractivity (Wildman–Crippen MR) is 91.6 cm³/mol. The van der Waals surface area contributed by atoms with E-state index in [4.69, 9.17) is 14.2 Å². The van der Waals surface area contributed by atoms with Crippen molar-refractivity contribution in [2.45, 2.75) is 45.3 Å². The highest BCUT2D eigenvalue weighted by molar-refractivity contribution is 5.96. The van der Waals surface area contributed by atoms with Crippen LogP contribution in [0.1, 0.15) is 44.0 Å². The summed E-state index contributed by atoms with van der Waals surface area (Å²) in [6, 6.07) is 3.54. The molecule has 0 bridgehead atoms. The normalized spacial score (nSPS) is 12.4. The van der Waals surface area contributed by atoms with E-state index < -0.39 is 23.6 Å². The van der Waals surface area contributed by atoms with E-state index in [2.05, 4.69) is 5.32 Å². The lowest BCUT2D eigenvalue weighted by molar-refractivity contribution is 0.0490. The smallest absolute Gasteiger partial charge is 0.407 e. The van der Waals surface area contributed by atoms with Crippen molar-refractivity contribution < 1.29 is 28.2 Å². The highest BCUT2D eigenvalue weighted by atomic mass is 19.1. The minimum atomic E-state index is -0.640. The lowest BCUT2D eigenvalue weighted by Crippen LogP contribution is -2.40.